The molecule has 0 saturated heterocycles. The van der Waals surface area contributed by atoms with E-state index in [4.69, 9.17) is 5.26 Å². The summed E-state index contributed by atoms with van der Waals surface area (Å²) in [5, 5.41) is 8.84. The van der Waals surface area contributed by atoms with Gasteiger partial charge >= 0.3 is 0 Å². The van der Waals surface area contributed by atoms with Crippen molar-refractivity contribution in [2.24, 2.45) is 0 Å². The summed E-state index contributed by atoms with van der Waals surface area (Å²) < 4.78 is 12.9. The number of pyridine rings is 1. The standard InChI is InChI=1S/C14H12FN3/c1-2-18(13-8-6-11(15)7-9-13)14-5-3-4-12(10-16)17-14/h3-9H,2H2,1H3. The summed E-state index contributed by atoms with van der Waals surface area (Å²) in [5.41, 5.74) is 1.22. The van der Waals surface area contributed by atoms with Crippen molar-refractivity contribution in [3.05, 3.63) is 54.0 Å². The van der Waals surface area contributed by atoms with Gasteiger partial charge in [-0.1, -0.05) is 6.07 Å². The molecule has 2 aromatic rings. The van der Waals surface area contributed by atoms with Crippen LogP contribution in [0.15, 0.2) is 42.5 Å². The van der Waals surface area contributed by atoms with Crippen LogP contribution in [-0.4, -0.2) is 11.5 Å². The van der Waals surface area contributed by atoms with Gasteiger partial charge in [-0.05, 0) is 43.3 Å². The third-order valence-corrected chi connectivity index (χ3v) is 2.58. The van der Waals surface area contributed by atoms with Gasteiger partial charge in [0.1, 0.15) is 23.4 Å². The summed E-state index contributed by atoms with van der Waals surface area (Å²) >= 11 is 0. The number of nitriles is 1. The summed E-state index contributed by atoms with van der Waals surface area (Å²) in [6.45, 7) is 2.66. The average Bonchev–Trinajstić information content (AvgIpc) is 2.42. The Hall–Kier alpha value is -2.41. The molecular formula is C14H12FN3. The molecule has 90 valence electrons. The van der Waals surface area contributed by atoms with E-state index in [9.17, 15) is 4.39 Å². The SMILES string of the molecule is CCN(c1ccc(F)cc1)c1cccc(C#N)n1. The number of hydrogen-bond acceptors (Lipinski definition) is 3. The number of aromatic nitrogens is 1. The fourth-order valence-corrected chi connectivity index (χ4v) is 1.73. The van der Waals surface area contributed by atoms with Crippen molar-refractivity contribution in [3.8, 4) is 6.07 Å². The lowest BCUT2D eigenvalue weighted by molar-refractivity contribution is 0.628. The molecule has 0 fully saturated rings. The molecule has 2 rings (SSSR count). The highest BCUT2D eigenvalue weighted by atomic mass is 19.1. The van der Waals surface area contributed by atoms with E-state index in [-0.39, 0.29) is 5.82 Å². The van der Waals surface area contributed by atoms with Gasteiger partial charge in [0, 0.05) is 12.2 Å². The molecule has 0 radical (unpaired) electrons. The second kappa shape index (κ2) is 5.28. The van der Waals surface area contributed by atoms with Crippen molar-refractivity contribution >= 4 is 11.5 Å². The molecule has 0 spiro atoms. The Balaban J connectivity index is 2.39. The second-order valence-electron chi connectivity index (χ2n) is 3.71. The number of anilines is 2. The third-order valence-electron chi connectivity index (χ3n) is 2.58. The Morgan fingerprint density at radius 1 is 1.22 bits per heavy atom. The van der Waals surface area contributed by atoms with E-state index < -0.39 is 0 Å². The number of benzene rings is 1. The van der Waals surface area contributed by atoms with Crippen LogP contribution in [-0.2, 0) is 0 Å². The van der Waals surface area contributed by atoms with Crippen molar-refractivity contribution in [2.75, 3.05) is 11.4 Å². The number of rotatable bonds is 3. The third kappa shape index (κ3) is 2.46. The molecule has 0 unspecified atom stereocenters. The highest BCUT2D eigenvalue weighted by molar-refractivity contribution is 5.60. The molecule has 3 nitrogen and oxygen atoms in total. The van der Waals surface area contributed by atoms with E-state index in [1.54, 1.807) is 24.3 Å². The highest BCUT2D eigenvalue weighted by Gasteiger charge is 2.09. The first-order valence-electron chi connectivity index (χ1n) is 5.65. The van der Waals surface area contributed by atoms with Crippen LogP contribution in [0.25, 0.3) is 0 Å². The van der Waals surface area contributed by atoms with Crippen LogP contribution in [0.1, 0.15) is 12.6 Å². The van der Waals surface area contributed by atoms with Crippen LogP contribution in [0.5, 0.6) is 0 Å². The minimum absolute atomic E-state index is 0.270. The van der Waals surface area contributed by atoms with E-state index in [1.807, 2.05) is 24.0 Å². The molecule has 4 heteroatoms. The van der Waals surface area contributed by atoms with E-state index in [2.05, 4.69) is 4.98 Å². The smallest absolute Gasteiger partial charge is 0.142 e. The topological polar surface area (TPSA) is 39.9 Å². The van der Waals surface area contributed by atoms with E-state index in [0.29, 0.717) is 18.1 Å². The zero-order valence-electron chi connectivity index (χ0n) is 9.97. The first-order chi connectivity index (χ1) is 8.74. The molecule has 1 aromatic heterocycles. The van der Waals surface area contributed by atoms with Crippen molar-refractivity contribution in [1.82, 2.24) is 4.98 Å². The number of hydrogen-bond donors (Lipinski definition) is 0. The molecule has 0 bridgehead atoms. The number of halogens is 1. The lowest BCUT2D eigenvalue weighted by atomic mass is 10.2. The average molecular weight is 241 g/mol. The fourth-order valence-electron chi connectivity index (χ4n) is 1.73. The van der Waals surface area contributed by atoms with E-state index in [1.165, 1.54) is 12.1 Å². The molecule has 0 saturated carbocycles. The van der Waals surface area contributed by atoms with Crippen LogP contribution < -0.4 is 4.90 Å². The van der Waals surface area contributed by atoms with Gasteiger partial charge in [0.2, 0.25) is 0 Å². The Bertz CT molecular complexity index is 572. The minimum Gasteiger partial charge on any atom is -0.327 e. The largest absolute Gasteiger partial charge is 0.327 e. The first-order valence-corrected chi connectivity index (χ1v) is 5.65. The van der Waals surface area contributed by atoms with E-state index in [0.717, 1.165) is 5.69 Å². The van der Waals surface area contributed by atoms with Gasteiger partial charge in [-0.2, -0.15) is 5.26 Å². The fraction of sp³-hybridized carbons (Fsp3) is 0.143. The lowest BCUT2D eigenvalue weighted by Crippen LogP contribution is -2.17. The van der Waals surface area contributed by atoms with Crippen LogP contribution in [0.2, 0.25) is 0 Å². The Labute approximate surface area is 105 Å². The molecule has 0 N–H and O–H groups in total. The minimum atomic E-state index is -0.270. The summed E-state index contributed by atoms with van der Waals surface area (Å²) in [6.07, 6.45) is 0. The lowest BCUT2D eigenvalue weighted by Gasteiger charge is -2.22. The second-order valence-corrected chi connectivity index (χ2v) is 3.71. The zero-order valence-corrected chi connectivity index (χ0v) is 9.97. The van der Waals surface area contributed by atoms with Gasteiger partial charge in [-0.15, -0.1) is 0 Å². The Morgan fingerprint density at radius 3 is 2.56 bits per heavy atom. The maximum Gasteiger partial charge on any atom is 0.142 e. The van der Waals surface area contributed by atoms with Gasteiger partial charge in [0.05, 0.1) is 0 Å². The summed E-state index contributed by atoms with van der Waals surface area (Å²) in [5.74, 6) is 0.414. The van der Waals surface area contributed by atoms with Gasteiger partial charge in [-0.3, -0.25) is 0 Å². The van der Waals surface area contributed by atoms with Crippen molar-refractivity contribution in [1.29, 1.82) is 5.26 Å². The van der Waals surface area contributed by atoms with Gasteiger partial charge in [0.15, 0.2) is 0 Å². The first kappa shape index (κ1) is 12.1. The molecule has 0 amide bonds. The maximum atomic E-state index is 12.9. The molecule has 0 aliphatic carbocycles. The molecular weight excluding hydrogens is 229 g/mol. The van der Waals surface area contributed by atoms with Gasteiger partial charge < -0.3 is 4.90 Å². The number of nitrogens with zero attached hydrogens (tertiary/aromatic N) is 3. The van der Waals surface area contributed by atoms with Crippen molar-refractivity contribution in [3.63, 3.8) is 0 Å². The van der Waals surface area contributed by atoms with Crippen LogP contribution >= 0.6 is 0 Å². The summed E-state index contributed by atoms with van der Waals surface area (Å²) in [4.78, 5) is 6.15. The molecule has 0 atom stereocenters. The van der Waals surface area contributed by atoms with Crippen molar-refractivity contribution in [2.45, 2.75) is 6.92 Å². The molecule has 1 heterocycles. The molecule has 0 aliphatic rings. The quantitative estimate of drug-likeness (QED) is 0.828. The van der Waals surface area contributed by atoms with Gasteiger partial charge in [0.25, 0.3) is 0 Å². The molecule has 0 aliphatic heterocycles. The molecule has 18 heavy (non-hydrogen) atoms. The predicted octanol–water partition coefficient (Wildman–Crippen LogP) is 3.25. The van der Waals surface area contributed by atoms with Crippen molar-refractivity contribution < 1.29 is 4.39 Å². The Morgan fingerprint density at radius 2 is 1.94 bits per heavy atom. The maximum absolute atomic E-state index is 12.9. The Kier molecular flexibility index (Phi) is 3.54. The molecule has 1 aromatic carbocycles. The summed E-state index contributed by atoms with van der Waals surface area (Å²) in [6, 6.07) is 13.5. The van der Waals surface area contributed by atoms with Crippen LogP contribution in [0.4, 0.5) is 15.9 Å². The van der Waals surface area contributed by atoms with E-state index >= 15 is 0 Å². The van der Waals surface area contributed by atoms with Crippen LogP contribution in [0, 0.1) is 17.1 Å². The normalized spacial score (nSPS) is 9.83. The zero-order chi connectivity index (χ0) is 13.0. The summed E-state index contributed by atoms with van der Waals surface area (Å²) in [7, 11) is 0. The van der Waals surface area contributed by atoms with Crippen LogP contribution in [0.3, 0.4) is 0 Å². The van der Waals surface area contributed by atoms with Gasteiger partial charge in [-0.25, -0.2) is 9.37 Å². The predicted molar refractivity (Wildman–Crippen MR) is 68.0 cm³/mol. The monoisotopic (exact) mass is 241 g/mol. The highest BCUT2D eigenvalue weighted by Crippen LogP contribution is 2.23.